The third kappa shape index (κ3) is 3.81. The zero-order valence-corrected chi connectivity index (χ0v) is 16.5. The van der Waals surface area contributed by atoms with Crippen LogP contribution in [0.1, 0.15) is 59.9 Å². The van der Waals surface area contributed by atoms with Gasteiger partial charge < -0.3 is 10.2 Å². The highest BCUT2D eigenvalue weighted by Crippen LogP contribution is 2.29. The first-order valence-corrected chi connectivity index (χ1v) is 10.4. The van der Waals surface area contributed by atoms with E-state index in [2.05, 4.69) is 17.3 Å². The van der Waals surface area contributed by atoms with Gasteiger partial charge in [0.2, 0.25) is 5.91 Å². The molecule has 0 bridgehead atoms. The lowest BCUT2D eigenvalue weighted by molar-refractivity contribution is -0.138. The maximum atomic E-state index is 12.6. The molecule has 2 amide bonds. The molecule has 0 unspecified atom stereocenters. The predicted octanol–water partition coefficient (Wildman–Crippen LogP) is 2.91. The van der Waals surface area contributed by atoms with Crippen LogP contribution >= 0.6 is 0 Å². The summed E-state index contributed by atoms with van der Waals surface area (Å²) in [5.41, 5.74) is 3.67. The fourth-order valence-corrected chi connectivity index (χ4v) is 4.03. The van der Waals surface area contributed by atoms with E-state index in [0.717, 1.165) is 61.3 Å². The van der Waals surface area contributed by atoms with Gasteiger partial charge in [0, 0.05) is 24.6 Å². The van der Waals surface area contributed by atoms with Gasteiger partial charge in [-0.25, -0.2) is 0 Å². The molecule has 2 aromatic rings. The molecule has 6 heteroatoms. The average Bonchev–Trinajstić information content (AvgIpc) is 2.94. The van der Waals surface area contributed by atoms with Crippen molar-refractivity contribution in [3.63, 3.8) is 0 Å². The van der Waals surface area contributed by atoms with Gasteiger partial charge in [-0.2, -0.15) is 5.10 Å². The molecular formula is C22H28N4O2. The van der Waals surface area contributed by atoms with Gasteiger partial charge in [0.1, 0.15) is 0 Å². The van der Waals surface area contributed by atoms with Gasteiger partial charge in [0.25, 0.3) is 5.91 Å². The van der Waals surface area contributed by atoms with Crippen LogP contribution in [0.2, 0.25) is 0 Å². The number of hydrogen-bond donors (Lipinski definition) is 1. The largest absolute Gasteiger partial charge is 0.346 e. The summed E-state index contributed by atoms with van der Waals surface area (Å²) < 4.78 is 2.00. The molecule has 28 heavy (non-hydrogen) atoms. The highest BCUT2D eigenvalue weighted by molar-refractivity contribution is 5.95. The second kappa shape index (κ2) is 8.17. The van der Waals surface area contributed by atoms with Crippen LogP contribution in [0.4, 0.5) is 0 Å². The Morgan fingerprint density at radius 2 is 2.00 bits per heavy atom. The topological polar surface area (TPSA) is 67.2 Å². The van der Waals surface area contributed by atoms with Gasteiger partial charge in [-0.1, -0.05) is 31.5 Å². The highest BCUT2D eigenvalue weighted by atomic mass is 16.2. The van der Waals surface area contributed by atoms with Crippen molar-refractivity contribution in [3.8, 4) is 0 Å². The van der Waals surface area contributed by atoms with Crippen LogP contribution in [0.15, 0.2) is 30.3 Å². The smallest absolute Gasteiger partial charge is 0.251 e. The molecule has 148 valence electrons. The standard InChI is InChI=1S/C22H28N4O2/c1-2-16-7-3-4-10-20(16)21(27)23-14-18-13-19-15-25(11-6-12-26(19)24-18)22(28)17-8-5-9-17/h3-4,7,10,13,17H,2,5-6,8-9,11-12,14-15H2,1H3,(H,23,27). The van der Waals surface area contributed by atoms with Crippen LogP contribution in [-0.2, 0) is 30.8 Å². The van der Waals surface area contributed by atoms with Gasteiger partial charge in [0.05, 0.1) is 24.5 Å². The lowest BCUT2D eigenvalue weighted by atomic mass is 9.84. The molecule has 2 aliphatic rings. The Kier molecular flexibility index (Phi) is 5.46. The summed E-state index contributed by atoms with van der Waals surface area (Å²) in [5, 5.41) is 7.65. The molecule has 4 rings (SSSR count). The fourth-order valence-electron chi connectivity index (χ4n) is 4.03. The summed E-state index contributed by atoms with van der Waals surface area (Å²) in [6.07, 6.45) is 4.99. The van der Waals surface area contributed by atoms with Crippen molar-refractivity contribution in [1.29, 1.82) is 0 Å². The van der Waals surface area contributed by atoms with Crippen LogP contribution in [0, 0.1) is 5.92 Å². The SMILES string of the molecule is CCc1ccccc1C(=O)NCc1cc2n(n1)CCCN(C(=O)C1CCC1)C2. The van der Waals surface area contributed by atoms with E-state index in [4.69, 9.17) is 0 Å². The Balaban J connectivity index is 1.41. The van der Waals surface area contributed by atoms with Crippen LogP contribution in [0.5, 0.6) is 0 Å². The predicted molar refractivity (Wildman–Crippen MR) is 107 cm³/mol. The van der Waals surface area contributed by atoms with E-state index >= 15 is 0 Å². The number of aryl methyl sites for hydroxylation is 2. The summed E-state index contributed by atoms with van der Waals surface area (Å²) in [7, 11) is 0. The lowest BCUT2D eigenvalue weighted by Crippen LogP contribution is -2.38. The minimum Gasteiger partial charge on any atom is -0.346 e. The molecule has 1 aliphatic carbocycles. The Hall–Kier alpha value is -2.63. The monoisotopic (exact) mass is 380 g/mol. The summed E-state index contributed by atoms with van der Waals surface area (Å²) in [6.45, 7) is 4.69. The quantitative estimate of drug-likeness (QED) is 0.867. The zero-order chi connectivity index (χ0) is 19.5. The maximum absolute atomic E-state index is 12.6. The number of fused-ring (bicyclic) bond motifs is 1. The molecule has 6 nitrogen and oxygen atoms in total. The molecule has 1 saturated carbocycles. The van der Waals surface area contributed by atoms with Gasteiger partial charge in [-0.3, -0.25) is 14.3 Å². The molecule has 0 atom stereocenters. The van der Waals surface area contributed by atoms with E-state index in [9.17, 15) is 9.59 Å². The number of benzene rings is 1. The summed E-state index contributed by atoms with van der Waals surface area (Å²) in [6, 6.07) is 9.72. The molecule has 0 spiro atoms. The maximum Gasteiger partial charge on any atom is 0.251 e. The first kappa shape index (κ1) is 18.7. The number of amides is 2. The van der Waals surface area contributed by atoms with Crippen LogP contribution in [0.25, 0.3) is 0 Å². The third-order valence-electron chi connectivity index (χ3n) is 5.90. The van der Waals surface area contributed by atoms with E-state index in [-0.39, 0.29) is 11.8 Å². The number of nitrogens with zero attached hydrogens (tertiary/aromatic N) is 3. The van der Waals surface area contributed by atoms with Crippen molar-refractivity contribution in [2.45, 2.75) is 58.7 Å². The Morgan fingerprint density at radius 3 is 2.75 bits per heavy atom. The lowest BCUT2D eigenvalue weighted by Gasteiger charge is -2.30. The first-order valence-electron chi connectivity index (χ1n) is 10.4. The van der Waals surface area contributed by atoms with E-state index in [1.54, 1.807) is 0 Å². The third-order valence-corrected chi connectivity index (χ3v) is 5.90. The zero-order valence-electron chi connectivity index (χ0n) is 16.5. The van der Waals surface area contributed by atoms with Crippen LogP contribution in [-0.4, -0.2) is 33.0 Å². The van der Waals surface area contributed by atoms with Crippen molar-refractivity contribution < 1.29 is 9.59 Å². The normalized spacial score (nSPS) is 16.8. The molecule has 1 fully saturated rings. The minimum absolute atomic E-state index is 0.0672. The molecule has 1 N–H and O–H groups in total. The van der Waals surface area contributed by atoms with Gasteiger partial charge in [-0.15, -0.1) is 0 Å². The summed E-state index contributed by atoms with van der Waals surface area (Å²) in [4.78, 5) is 27.2. The van der Waals surface area contributed by atoms with Gasteiger partial charge >= 0.3 is 0 Å². The molecule has 1 aromatic heterocycles. The fraction of sp³-hybridized carbons (Fsp3) is 0.500. The Bertz CT molecular complexity index is 869. The molecule has 2 heterocycles. The van der Waals surface area contributed by atoms with Gasteiger partial charge in [-0.05, 0) is 43.4 Å². The number of hydrogen-bond acceptors (Lipinski definition) is 3. The Labute approximate surface area is 165 Å². The van der Waals surface area contributed by atoms with E-state index in [0.29, 0.717) is 19.0 Å². The van der Waals surface area contributed by atoms with Gasteiger partial charge in [0.15, 0.2) is 0 Å². The van der Waals surface area contributed by atoms with Crippen molar-refractivity contribution in [2.24, 2.45) is 5.92 Å². The average molecular weight is 380 g/mol. The van der Waals surface area contributed by atoms with E-state index < -0.39 is 0 Å². The molecular weight excluding hydrogens is 352 g/mol. The molecule has 0 radical (unpaired) electrons. The first-order chi connectivity index (χ1) is 13.7. The number of carbonyl (C=O) groups excluding carboxylic acids is 2. The van der Waals surface area contributed by atoms with Crippen molar-refractivity contribution in [1.82, 2.24) is 20.0 Å². The number of nitrogens with one attached hydrogen (secondary N) is 1. The molecule has 0 saturated heterocycles. The summed E-state index contributed by atoms with van der Waals surface area (Å²) >= 11 is 0. The number of carbonyl (C=O) groups is 2. The van der Waals surface area contributed by atoms with Crippen molar-refractivity contribution in [3.05, 3.63) is 52.8 Å². The summed E-state index contributed by atoms with van der Waals surface area (Å²) in [5.74, 6) is 0.459. The van der Waals surface area contributed by atoms with Crippen molar-refractivity contribution in [2.75, 3.05) is 6.54 Å². The Morgan fingerprint density at radius 1 is 1.18 bits per heavy atom. The molecule has 1 aliphatic heterocycles. The van der Waals surface area contributed by atoms with Crippen molar-refractivity contribution >= 4 is 11.8 Å². The van der Waals surface area contributed by atoms with E-state index in [1.165, 1.54) is 6.42 Å². The highest BCUT2D eigenvalue weighted by Gasteiger charge is 2.30. The molecule has 1 aromatic carbocycles. The minimum atomic E-state index is -0.0672. The number of rotatable bonds is 5. The second-order valence-corrected chi connectivity index (χ2v) is 7.78. The van der Waals surface area contributed by atoms with Crippen LogP contribution < -0.4 is 5.32 Å². The number of aromatic nitrogens is 2. The van der Waals surface area contributed by atoms with Crippen LogP contribution in [0.3, 0.4) is 0 Å². The second-order valence-electron chi connectivity index (χ2n) is 7.78. The van der Waals surface area contributed by atoms with E-state index in [1.807, 2.05) is 39.9 Å².